The monoisotopic (exact) mass is 273 g/mol. The van der Waals surface area contributed by atoms with Crippen LogP contribution >= 0.6 is 0 Å². The molecule has 2 N–H and O–H groups in total. The van der Waals surface area contributed by atoms with Crippen LogP contribution in [0.2, 0.25) is 0 Å². The Kier molecular flexibility index (Phi) is 3.47. The summed E-state index contributed by atoms with van der Waals surface area (Å²) in [7, 11) is 0. The lowest BCUT2D eigenvalue weighted by molar-refractivity contribution is 0.318. The number of nitrogens with two attached hydrogens (primary N) is 1. The lowest BCUT2D eigenvalue weighted by Crippen LogP contribution is -2.33. The van der Waals surface area contributed by atoms with Crippen LogP contribution in [-0.2, 0) is 0 Å². The lowest BCUT2D eigenvalue weighted by Gasteiger charge is -2.33. The van der Waals surface area contributed by atoms with E-state index in [1.807, 2.05) is 12.1 Å². The predicted octanol–water partition coefficient (Wildman–Crippen LogP) is 3.58. The second kappa shape index (κ2) is 5.27. The summed E-state index contributed by atoms with van der Waals surface area (Å²) in [5, 5.41) is 0.830. The van der Waals surface area contributed by atoms with Crippen molar-refractivity contribution in [1.29, 1.82) is 0 Å². The number of nitrogens with zero attached hydrogens (tertiary/aromatic N) is 2. The summed E-state index contributed by atoms with van der Waals surface area (Å²) in [4.78, 5) is 6.47. The van der Waals surface area contributed by atoms with E-state index in [2.05, 4.69) is 16.8 Å². The topological polar surface area (TPSA) is 42.1 Å². The number of pyridine rings is 1. The van der Waals surface area contributed by atoms with Gasteiger partial charge in [0.1, 0.15) is 0 Å². The number of aromatic nitrogens is 1. The Labute approximate surface area is 118 Å². The Hall–Kier alpha value is -1.84. The molecular formula is C16H20FN3. The molecule has 0 amide bonds. The number of rotatable bonds is 4. The van der Waals surface area contributed by atoms with Crippen molar-refractivity contribution in [3.8, 4) is 0 Å². The zero-order chi connectivity index (χ0) is 14.1. The van der Waals surface area contributed by atoms with Crippen LogP contribution in [0, 0.1) is 11.7 Å². The molecule has 0 atom stereocenters. The Morgan fingerprint density at radius 2 is 2.25 bits per heavy atom. The van der Waals surface area contributed by atoms with Crippen molar-refractivity contribution < 1.29 is 4.39 Å². The summed E-state index contributed by atoms with van der Waals surface area (Å²) in [6.07, 6.45) is 5.49. The summed E-state index contributed by atoms with van der Waals surface area (Å²) >= 11 is 0. The minimum atomic E-state index is -0.269. The van der Waals surface area contributed by atoms with Gasteiger partial charge in [-0.2, -0.15) is 0 Å². The molecule has 0 unspecified atom stereocenters. The van der Waals surface area contributed by atoms with Crippen LogP contribution in [0.1, 0.15) is 26.2 Å². The third-order valence-corrected chi connectivity index (χ3v) is 4.25. The maximum absolute atomic E-state index is 14.4. The summed E-state index contributed by atoms with van der Waals surface area (Å²) in [6.45, 7) is 3.75. The van der Waals surface area contributed by atoms with Gasteiger partial charge in [0, 0.05) is 30.4 Å². The Morgan fingerprint density at radius 1 is 1.45 bits per heavy atom. The molecule has 0 radical (unpaired) electrons. The van der Waals surface area contributed by atoms with Gasteiger partial charge in [-0.05, 0) is 43.9 Å². The highest BCUT2D eigenvalue weighted by Crippen LogP contribution is 2.35. The fraction of sp³-hybridized carbons (Fsp3) is 0.438. The van der Waals surface area contributed by atoms with Gasteiger partial charge in [0.05, 0.1) is 11.2 Å². The van der Waals surface area contributed by atoms with Gasteiger partial charge in [0.25, 0.3) is 0 Å². The Balaban J connectivity index is 2.08. The summed E-state index contributed by atoms with van der Waals surface area (Å²) in [5.41, 5.74) is 7.63. The molecular weight excluding hydrogens is 253 g/mol. The number of nitrogen functional groups attached to an aromatic ring is 1. The summed E-state index contributed by atoms with van der Waals surface area (Å²) < 4.78 is 14.4. The van der Waals surface area contributed by atoms with E-state index >= 15 is 0 Å². The molecule has 0 bridgehead atoms. The summed E-state index contributed by atoms with van der Waals surface area (Å²) in [6, 6.07) is 5.16. The Morgan fingerprint density at radius 3 is 2.90 bits per heavy atom. The van der Waals surface area contributed by atoms with E-state index in [0.717, 1.165) is 18.5 Å². The molecule has 1 aliphatic rings. The van der Waals surface area contributed by atoms with Gasteiger partial charge in [-0.3, -0.25) is 4.98 Å². The minimum Gasteiger partial charge on any atom is -0.398 e. The molecule has 1 aromatic carbocycles. The summed E-state index contributed by atoms with van der Waals surface area (Å²) in [5.74, 6) is 0.417. The van der Waals surface area contributed by atoms with Crippen molar-refractivity contribution in [2.45, 2.75) is 26.2 Å². The zero-order valence-electron chi connectivity index (χ0n) is 11.8. The molecule has 4 heteroatoms. The molecule has 1 fully saturated rings. The van der Waals surface area contributed by atoms with E-state index < -0.39 is 0 Å². The molecule has 20 heavy (non-hydrogen) atoms. The number of hydrogen-bond donors (Lipinski definition) is 1. The van der Waals surface area contributed by atoms with Crippen molar-refractivity contribution in [2.75, 3.05) is 23.7 Å². The van der Waals surface area contributed by atoms with Crippen molar-refractivity contribution in [1.82, 2.24) is 4.98 Å². The zero-order valence-corrected chi connectivity index (χ0v) is 11.8. The molecule has 0 saturated heterocycles. The standard InChI is InChI=1S/C16H20FN3/c1-2-20(10-11-5-3-6-11)16-13(17)9-14(18)12-7-4-8-19-15(12)16/h4,7-9,11H,2-3,5-6,10,18H2,1H3. The van der Waals surface area contributed by atoms with Gasteiger partial charge in [0.2, 0.25) is 0 Å². The average molecular weight is 273 g/mol. The molecule has 3 rings (SSSR count). The van der Waals surface area contributed by atoms with Crippen molar-refractivity contribution in [3.05, 3.63) is 30.2 Å². The van der Waals surface area contributed by atoms with Gasteiger partial charge in [0.15, 0.2) is 5.82 Å². The predicted molar refractivity (Wildman–Crippen MR) is 81.3 cm³/mol. The molecule has 1 heterocycles. The molecule has 1 saturated carbocycles. The fourth-order valence-electron chi connectivity index (χ4n) is 2.89. The van der Waals surface area contributed by atoms with E-state index in [9.17, 15) is 4.39 Å². The molecule has 3 nitrogen and oxygen atoms in total. The highest BCUT2D eigenvalue weighted by molar-refractivity contribution is 5.98. The molecule has 1 aliphatic carbocycles. The van der Waals surface area contributed by atoms with E-state index in [-0.39, 0.29) is 5.82 Å². The first-order valence-electron chi connectivity index (χ1n) is 7.28. The maximum atomic E-state index is 14.4. The quantitative estimate of drug-likeness (QED) is 0.866. The first-order valence-corrected chi connectivity index (χ1v) is 7.28. The largest absolute Gasteiger partial charge is 0.398 e. The number of hydrogen-bond acceptors (Lipinski definition) is 3. The molecule has 1 aromatic heterocycles. The fourth-order valence-corrected chi connectivity index (χ4v) is 2.89. The van der Waals surface area contributed by atoms with E-state index in [1.54, 1.807) is 6.20 Å². The highest BCUT2D eigenvalue weighted by Gasteiger charge is 2.23. The minimum absolute atomic E-state index is 0.269. The third-order valence-electron chi connectivity index (χ3n) is 4.25. The van der Waals surface area contributed by atoms with Crippen LogP contribution in [0.15, 0.2) is 24.4 Å². The Bertz CT molecular complexity index is 622. The van der Waals surface area contributed by atoms with E-state index in [1.165, 1.54) is 25.3 Å². The second-order valence-electron chi connectivity index (χ2n) is 5.53. The van der Waals surface area contributed by atoms with Gasteiger partial charge in [-0.15, -0.1) is 0 Å². The van der Waals surface area contributed by atoms with Crippen LogP contribution in [0.25, 0.3) is 10.9 Å². The number of benzene rings is 1. The van der Waals surface area contributed by atoms with Crippen molar-refractivity contribution >= 4 is 22.3 Å². The average Bonchev–Trinajstić information content (AvgIpc) is 2.40. The number of halogens is 1. The van der Waals surface area contributed by atoms with Gasteiger partial charge in [-0.25, -0.2) is 4.39 Å². The third kappa shape index (κ3) is 2.19. The van der Waals surface area contributed by atoms with Crippen LogP contribution in [0.4, 0.5) is 15.8 Å². The molecule has 106 valence electrons. The van der Waals surface area contributed by atoms with Crippen molar-refractivity contribution in [2.24, 2.45) is 5.92 Å². The number of fused-ring (bicyclic) bond motifs is 1. The lowest BCUT2D eigenvalue weighted by atomic mass is 9.85. The normalized spacial score (nSPS) is 15.3. The van der Waals surface area contributed by atoms with Gasteiger partial charge in [-0.1, -0.05) is 6.42 Å². The van der Waals surface area contributed by atoms with Crippen LogP contribution < -0.4 is 10.6 Å². The highest BCUT2D eigenvalue weighted by atomic mass is 19.1. The maximum Gasteiger partial charge on any atom is 0.150 e. The van der Waals surface area contributed by atoms with Crippen molar-refractivity contribution in [3.63, 3.8) is 0 Å². The first-order chi connectivity index (χ1) is 9.70. The number of anilines is 2. The van der Waals surface area contributed by atoms with Gasteiger partial charge < -0.3 is 10.6 Å². The molecule has 0 spiro atoms. The first kappa shape index (κ1) is 13.2. The second-order valence-corrected chi connectivity index (χ2v) is 5.53. The van der Waals surface area contributed by atoms with E-state index in [0.29, 0.717) is 22.8 Å². The smallest absolute Gasteiger partial charge is 0.150 e. The van der Waals surface area contributed by atoms with E-state index in [4.69, 9.17) is 5.73 Å². The van der Waals surface area contributed by atoms with Crippen LogP contribution in [-0.4, -0.2) is 18.1 Å². The molecule has 0 aliphatic heterocycles. The SMILES string of the molecule is CCN(CC1CCC1)c1c(F)cc(N)c2cccnc12. The van der Waals surface area contributed by atoms with Gasteiger partial charge >= 0.3 is 0 Å². The molecule has 2 aromatic rings. The van der Waals surface area contributed by atoms with Crippen LogP contribution in [0.5, 0.6) is 0 Å². The van der Waals surface area contributed by atoms with Crippen LogP contribution in [0.3, 0.4) is 0 Å².